The van der Waals surface area contributed by atoms with Crippen molar-refractivity contribution in [1.82, 2.24) is 24.7 Å². The van der Waals surface area contributed by atoms with Gasteiger partial charge in [0, 0.05) is 50.0 Å². The Morgan fingerprint density at radius 2 is 1.74 bits per heavy atom. The number of benzene rings is 2. The van der Waals surface area contributed by atoms with E-state index in [2.05, 4.69) is 86.5 Å². The number of thiocarbonyl (C=S) groups is 1. The van der Waals surface area contributed by atoms with E-state index in [0.29, 0.717) is 0 Å². The number of hydrogen-bond donors (Lipinski definition) is 1. The molecule has 2 atom stereocenters. The zero-order chi connectivity index (χ0) is 23.6. The highest BCUT2D eigenvalue weighted by Gasteiger charge is 2.41. The number of hydrogen-bond acceptors (Lipinski definition) is 4. The van der Waals surface area contributed by atoms with Crippen molar-refractivity contribution in [2.45, 2.75) is 12.1 Å². The van der Waals surface area contributed by atoms with Crippen molar-refractivity contribution >= 4 is 28.1 Å². The lowest BCUT2D eigenvalue weighted by molar-refractivity contribution is 0.0349. The first-order valence-corrected chi connectivity index (χ1v) is 12.6. The number of fused-ring (bicyclic) bond motifs is 1. The maximum atomic E-state index is 5.89. The van der Waals surface area contributed by atoms with E-state index in [0.717, 1.165) is 55.9 Å². The smallest absolute Gasteiger partial charge is 0.170 e. The Bertz CT molecular complexity index is 1320. The van der Waals surface area contributed by atoms with Gasteiger partial charge < -0.3 is 19.5 Å². The van der Waals surface area contributed by atoms with E-state index in [1.54, 1.807) is 0 Å². The Labute approximate surface area is 211 Å². The average molecular weight is 484 g/mol. The summed E-state index contributed by atoms with van der Waals surface area (Å²) >= 11 is 5.89. The van der Waals surface area contributed by atoms with E-state index >= 15 is 0 Å². The van der Waals surface area contributed by atoms with Crippen LogP contribution in [-0.4, -0.2) is 63.9 Å². The second-order valence-corrected chi connectivity index (χ2v) is 9.50. The van der Waals surface area contributed by atoms with Gasteiger partial charge in [-0.15, -0.1) is 0 Å². The fraction of sp³-hybridized carbons (Fsp3) is 0.286. The van der Waals surface area contributed by atoms with Crippen LogP contribution in [-0.2, 0) is 4.74 Å². The van der Waals surface area contributed by atoms with Crippen LogP contribution in [0.25, 0.3) is 16.5 Å². The summed E-state index contributed by atoms with van der Waals surface area (Å²) in [5.74, 6) is 0. The predicted octanol–water partition coefficient (Wildman–Crippen LogP) is 4.33. The quantitative estimate of drug-likeness (QED) is 0.412. The number of morpholine rings is 1. The molecule has 0 amide bonds. The van der Waals surface area contributed by atoms with E-state index in [4.69, 9.17) is 21.9 Å². The third-order valence-corrected chi connectivity index (χ3v) is 7.41. The van der Waals surface area contributed by atoms with Crippen LogP contribution < -0.4 is 5.32 Å². The lowest BCUT2D eigenvalue weighted by atomic mass is 10.0. The van der Waals surface area contributed by atoms with Crippen LogP contribution in [0.2, 0.25) is 0 Å². The molecule has 0 radical (unpaired) electrons. The summed E-state index contributed by atoms with van der Waals surface area (Å²) in [5, 5.41) is 6.85. The number of aromatic nitrogens is 2. The summed E-state index contributed by atoms with van der Waals surface area (Å²) in [7, 11) is 0. The van der Waals surface area contributed by atoms with Crippen molar-refractivity contribution in [3.63, 3.8) is 0 Å². The molecule has 2 aromatic carbocycles. The van der Waals surface area contributed by atoms with Crippen molar-refractivity contribution in [3.05, 3.63) is 96.6 Å². The van der Waals surface area contributed by atoms with Gasteiger partial charge in [-0.3, -0.25) is 9.88 Å². The zero-order valence-electron chi connectivity index (χ0n) is 19.6. The van der Waals surface area contributed by atoms with E-state index in [-0.39, 0.29) is 12.1 Å². The second-order valence-electron chi connectivity index (χ2n) is 9.11. The van der Waals surface area contributed by atoms with Crippen LogP contribution in [0.4, 0.5) is 0 Å². The third kappa shape index (κ3) is 4.43. The van der Waals surface area contributed by atoms with Crippen LogP contribution in [0.1, 0.15) is 23.5 Å². The zero-order valence-corrected chi connectivity index (χ0v) is 20.4. The molecule has 6 nitrogen and oxygen atoms in total. The molecule has 178 valence electrons. The van der Waals surface area contributed by atoms with Gasteiger partial charge in [0.15, 0.2) is 5.11 Å². The van der Waals surface area contributed by atoms with Gasteiger partial charge in [-0.25, -0.2) is 0 Å². The van der Waals surface area contributed by atoms with Gasteiger partial charge in [0.2, 0.25) is 0 Å². The molecule has 35 heavy (non-hydrogen) atoms. The molecule has 2 aliphatic heterocycles. The minimum absolute atomic E-state index is 0.0255. The lowest BCUT2D eigenvalue weighted by Gasteiger charge is -2.32. The standard InChI is InChI=1S/C28H29N5OS/c35-28-30-26(24-8-3-4-12-29-24)27(33(28)15-14-31-16-18-34-19-17-31)25-9-5-13-32(25)23-11-10-21-6-1-2-7-22(21)20-23/h1-13,20,26-27H,14-19H2,(H,30,35)/t26-,27+/m1/s1. The number of nitrogens with one attached hydrogen (secondary N) is 1. The average Bonchev–Trinajstić information content (AvgIpc) is 3.52. The minimum atomic E-state index is -0.0255. The molecule has 6 rings (SSSR count). The molecule has 0 bridgehead atoms. The Hall–Kier alpha value is -3.26. The first kappa shape index (κ1) is 22.2. The summed E-state index contributed by atoms with van der Waals surface area (Å²) in [5.41, 5.74) is 3.35. The first-order chi connectivity index (χ1) is 17.3. The van der Waals surface area contributed by atoms with Gasteiger partial charge >= 0.3 is 0 Å². The molecule has 0 saturated carbocycles. The largest absolute Gasteiger partial charge is 0.379 e. The number of ether oxygens (including phenoxy) is 1. The van der Waals surface area contributed by atoms with Gasteiger partial charge in [-0.05, 0) is 59.4 Å². The maximum Gasteiger partial charge on any atom is 0.170 e. The molecule has 4 aromatic rings. The number of rotatable bonds is 6. The molecular weight excluding hydrogens is 454 g/mol. The van der Waals surface area contributed by atoms with Crippen molar-refractivity contribution in [3.8, 4) is 5.69 Å². The molecule has 1 N–H and O–H groups in total. The summed E-state index contributed by atoms with van der Waals surface area (Å²) in [6.07, 6.45) is 4.01. The molecule has 4 heterocycles. The first-order valence-electron chi connectivity index (χ1n) is 12.2. The van der Waals surface area contributed by atoms with E-state index in [9.17, 15) is 0 Å². The van der Waals surface area contributed by atoms with Crippen LogP contribution in [0, 0.1) is 0 Å². The minimum Gasteiger partial charge on any atom is -0.379 e. The molecule has 0 spiro atoms. The molecular formula is C28H29N5OS. The van der Waals surface area contributed by atoms with E-state index < -0.39 is 0 Å². The summed E-state index contributed by atoms with van der Waals surface area (Å²) in [6, 6.07) is 25.6. The molecule has 0 unspecified atom stereocenters. The number of pyridine rings is 1. The van der Waals surface area contributed by atoms with Gasteiger partial charge in [0.25, 0.3) is 0 Å². The monoisotopic (exact) mass is 483 g/mol. The molecule has 2 aliphatic rings. The Morgan fingerprint density at radius 1 is 0.914 bits per heavy atom. The van der Waals surface area contributed by atoms with Crippen molar-refractivity contribution in [2.75, 3.05) is 39.4 Å². The second kappa shape index (κ2) is 9.77. The highest BCUT2D eigenvalue weighted by atomic mass is 32.1. The molecule has 0 aliphatic carbocycles. The summed E-state index contributed by atoms with van der Waals surface area (Å²) < 4.78 is 7.83. The van der Waals surface area contributed by atoms with Gasteiger partial charge in [0.05, 0.1) is 31.0 Å². The van der Waals surface area contributed by atoms with Crippen LogP contribution in [0.15, 0.2) is 85.2 Å². The Balaban J connectivity index is 1.38. The van der Waals surface area contributed by atoms with E-state index in [1.807, 2.05) is 18.3 Å². The van der Waals surface area contributed by atoms with Crippen molar-refractivity contribution in [1.29, 1.82) is 0 Å². The highest BCUT2D eigenvalue weighted by molar-refractivity contribution is 7.80. The van der Waals surface area contributed by atoms with Crippen LogP contribution in [0.5, 0.6) is 0 Å². The summed E-state index contributed by atoms with van der Waals surface area (Å²) in [6.45, 7) is 5.34. The predicted molar refractivity (Wildman–Crippen MR) is 143 cm³/mol. The highest BCUT2D eigenvalue weighted by Crippen LogP contribution is 2.39. The van der Waals surface area contributed by atoms with Gasteiger partial charge in [0.1, 0.15) is 0 Å². The maximum absolute atomic E-state index is 5.89. The van der Waals surface area contributed by atoms with Crippen LogP contribution >= 0.6 is 12.2 Å². The van der Waals surface area contributed by atoms with Crippen LogP contribution in [0.3, 0.4) is 0 Å². The topological polar surface area (TPSA) is 45.6 Å². The molecule has 2 aromatic heterocycles. The lowest BCUT2D eigenvalue weighted by Crippen LogP contribution is -2.42. The molecule has 2 fully saturated rings. The van der Waals surface area contributed by atoms with Crippen molar-refractivity contribution in [2.24, 2.45) is 0 Å². The summed E-state index contributed by atoms with van der Waals surface area (Å²) in [4.78, 5) is 9.50. The Kier molecular flexibility index (Phi) is 6.21. The van der Waals surface area contributed by atoms with Gasteiger partial charge in [-0.1, -0.05) is 36.4 Å². The Morgan fingerprint density at radius 3 is 2.57 bits per heavy atom. The molecule has 2 saturated heterocycles. The molecule has 7 heteroatoms. The third-order valence-electron chi connectivity index (χ3n) is 7.05. The van der Waals surface area contributed by atoms with Crippen molar-refractivity contribution < 1.29 is 4.74 Å². The van der Waals surface area contributed by atoms with E-state index in [1.165, 1.54) is 16.5 Å². The SMILES string of the molecule is S=C1N[C@H](c2ccccn2)[C@H](c2cccn2-c2ccc3ccccc3c2)N1CCN1CCOCC1. The normalized spacial score (nSPS) is 20.9. The number of nitrogens with zero attached hydrogens (tertiary/aromatic N) is 4. The van der Waals surface area contributed by atoms with Gasteiger partial charge in [-0.2, -0.15) is 0 Å². The fourth-order valence-electron chi connectivity index (χ4n) is 5.24. The fourth-order valence-corrected chi connectivity index (χ4v) is 5.57.